The molecule has 0 aliphatic heterocycles. The lowest BCUT2D eigenvalue weighted by molar-refractivity contribution is -0.143. The Kier molecular flexibility index (Phi) is 10.2. The van der Waals surface area contributed by atoms with Gasteiger partial charge in [0, 0.05) is 22.6 Å². The van der Waals surface area contributed by atoms with Crippen molar-refractivity contribution in [1.82, 2.24) is 10.2 Å². The van der Waals surface area contributed by atoms with Gasteiger partial charge in [-0.25, -0.2) is 0 Å². The molecule has 0 saturated heterocycles. The van der Waals surface area contributed by atoms with E-state index in [1.807, 2.05) is 68.4 Å². The van der Waals surface area contributed by atoms with Gasteiger partial charge in [-0.1, -0.05) is 59.6 Å². The van der Waals surface area contributed by atoms with E-state index in [4.69, 9.17) is 27.9 Å². The molecule has 2 amide bonds. The first-order valence-electron chi connectivity index (χ1n) is 11.2. The number of halogens is 3. The molecule has 0 unspecified atom stereocenters. The summed E-state index contributed by atoms with van der Waals surface area (Å²) in [6.45, 7) is 3.75. The van der Waals surface area contributed by atoms with Gasteiger partial charge in [-0.2, -0.15) is 0 Å². The van der Waals surface area contributed by atoms with Crippen LogP contribution in [0.25, 0.3) is 0 Å². The van der Waals surface area contributed by atoms with E-state index in [1.54, 1.807) is 23.1 Å². The van der Waals surface area contributed by atoms with E-state index in [0.29, 0.717) is 22.2 Å². The summed E-state index contributed by atoms with van der Waals surface area (Å²) in [5, 5.41) is 3.77. The topological polar surface area (TPSA) is 58.6 Å². The van der Waals surface area contributed by atoms with Gasteiger partial charge in [0.25, 0.3) is 5.91 Å². The normalized spacial score (nSPS) is 11.7. The smallest absolute Gasteiger partial charge is 0.261 e. The minimum Gasteiger partial charge on any atom is -0.484 e. The third kappa shape index (κ3) is 8.40. The SMILES string of the molecule is CC(C)NC(=O)[C@H](Cc1ccccc1)N(Cc1ccc(Cl)c(Cl)c1)C(=O)COc1ccc(I)cc1. The number of hydrogen-bond donors (Lipinski definition) is 1. The Hall–Kier alpha value is -2.29. The lowest BCUT2D eigenvalue weighted by atomic mass is 10.0. The van der Waals surface area contributed by atoms with E-state index in [1.165, 1.54) is 0 Å². The molecule has 0 spiro atoms. The number of nitrogens with one attached hydrogen (secondary N) is 1. The van der Waals surface area contributed by atoms with E-state index in [-0.39, 0.29) is 31.0 Å². The summed E-state index contributed by atoms with van der Waals surface area (Å²) in [5.74, 6) is 0.0421. The molecule has 0 fully saturated rings. The number of hydrogen-bond acceptors (Lipinski definition) is 3. The summed E-state index contributed by atoms with van der Waals surface area (Å²) in [7, 11) is 0. The Bertz CT molecular complexity index is 1140. The second-order valence-corrected chi connectivity index (χ2v) is 10.4. The zero-order valence-corrected chi connectivity index (χ0v) is 23.2. The van der Waals surface area contributed by atoms with Crippen LogP contribution in [0.5, 0.6) is 5.75 Å². The third-order valence-electron chi connectivity index (χ3n) is 5.21. The van der Waals surface area contributed by atoms with Gasteiger partial charge < -0.3 is 15.0 Å². The Morgan fingerprint density at radius 2 is 1.63 bits per heavy atom. The zero-order valence-electron chi connectivity index (χ0n) is 19.5. The number of amides is 2. The molecule has 8 heteroatoms. The number of ether oxygens (including phenoxy) is 1. The average molecular weight is 625 g/mol. The van der Waals surface area contributed by atoms with Crippen molar-refractivity contribution in [2.45, 2.75) is 38.9 Å². The fourth-order valence-electron chi connectivity index (χ4n) is 3.53. The van der Waals surface area contributed by atoms with Gasteiger partial charge in [0.05, 0.1) is 10.0 Å². The maximum atomic E-state index is 13.5. The molecule has 184 valence electrons. The van der Waals surface area contributed by atoms with Crippen molar-refractivity contribution in [3.8, 4) is 5.75 Å². The number of carbonyl (C=O) groups is 2. The van der Waals surface area contributed by atoms with Gasteiger partial charge in [-0.15, -0.1) is 0 Å². The first kappa shape index (κ1) is 27.3. The zero-order chi connectivity index (χ0) is 25.4. The van der Waals surface area contributed by atoms with Crippen LogP contribution < -0.4 is 10.1 Å². The molecule has 1 atom stereocenters. The maximum Gasteiger partial charge on any atom is 0.261 e. The van der Waals surface area contributed by atoms with Crippen LogP contribution in [-0.2, 0) is 22.6 Å². The third-order valence-corrected chi connectivity index (χ3v) is 6.67. The van der Waals surface area contributed by atoms with Gasteiger partial charge in [0.15, 0.2) is 6.61 Å². The standard InChI is InChI=1S/C27H27Cl2IN2O3/c1-18(2)31-27(34)25(15-19-6-4-3-5-7-19)32(16-20-8-13-23(28)24(29)14-20)26(33)17-35-22-11-9-21(30)10-12-22/h3-14,18,25H,15-17H2,1-2H3,(H,31,34)/t25-/m0/s1. The first-order chi connectivity index (χ1) is 16.7. The highest BCUT2D eigenvalue weighted by molar-refractivity contribution is 14.1. The minimum absolute atomic E-state index is 0.0780. The minimum atomic E-state index is -0.748. The van der Waals surface area contributed by atoms with Gasteiger partial charge in [0.2, 0.25) is 5.91 Å². The second kappa shape index (κ2) is 13.1. The second-order valence-electron chi connectivity index (χ2n) is 8.38. The Morgan fingerprint density at radius 3 is 2.26 bits per heavy atom. The Balaban J connectivity index is 1.92. The highest BCUT2D eigenvalue weighted by Gasteiger charge is 2.31. The van der Waals surface area contributed by atoms with E-state index < -0.39 is 6.04 Å². The van der Waals surface area contributed by atoms with Crippen molar-refractivity contribution < 1.29 is 14.3 Å². The molecule has 0 saturated carbocycles. The summed E-state index contributed by atoms with van der Waals surface area (Å²) in [6, 6.07) is 21.4. The quantitative estimate of drug-likeness (QED) is 0.276. The van der Waals surface area contributed by atoms with Gasteiger partial charge in [0.1, 0.15) is 11.8 Å². The van der Waals surface area contributed by atoms with E-state index in [9.17, 15) is 9.59 Å². The molecular weight excluding hydrogens is 598 g/mol. The van der Waals surface area contributed by atoms with Crippen molar-refractivity contribution in [3.63, 3.8) is 0 Å². The molecule has 5 nitrogen and oxygen atoms in total. The molecule has 0 aliphatic rings. The summed E-state index contributed by atoms with van der Waals surface area (Å²) < 4.78 is 6.84. The summed E-state index contributed by atoms with van der Waals surface area (Å²) in [5.41, 5.74) is 1.71. The summed E-state index contributed by atoms with van der Waals surface area (Å²) >= 11 is 14.5. The van der Waals surface area contributed by atoms with Crippen LogP contribution in [0.1, 0.15) is 25.0 Å². The molecule has 1 N–H and O–H groups in total. The van der Waals surface area contributed by atoms with Crippen molar-refractivity contribution >= 4 is 57.6 Å². The van der Waals surface area contributed by atoms with Gasteiger partial charge in [-0.3, -0.25) is 9.59 Å². The van der Waals surface area contributed by atoms with Crippen LogP contribution >= 0.6 is 45.8 Å². The molecule has 0 bridgehead atoms. The molecular formula is C27H27Cl2IN2O3. The van der Waals surface area contributed by atoms with Crippen LogP contribution in [0.3, 0.4) is 0 Å². The fourth-order valence-corrected chi connectivity index (χ4v) is 4.21. The summed E-state index contributed by atoms with van der Waals surface area (Å²) in [4.78, 5) is 28.4. The van der Waals surface area contributed by atoms with E-state index >= 15 is 0 Å². The highest BCUT2D eigenvalue weighted by Crippen LogP contribution is 2.24. The lowest BCUT2D eigenvalue weighted by Gasteiger charge is -2.32. The van der Waals surface area contributed by atoms with Crippen molar-refractivity contribution in [3.05, 3.63) is 97.5 Å². The average Bonchev–Trinajstić information content (AvgIpc) is 2.83. The predicted molar refractivity (Wildman–Crippen MR) is 149 cm³/mol. The maximum absolute atomic E-state index is 13.5. The van der Waals surface area contributed by atoms with E-state index in [0.717, 1.165) is 14.7 Å². The Morgan fingerprint density at radius 1 is 0.943 bits per heavy atom. The highest BCUT2D eigenvalue weighted by atomic mass is 127. The molecule has 35 heavy (non-hydrogen) atoms. The van der Waals surface area contributed by atoms with Crippen molar-refractivity contribution in [2.24, 2.45) is 0 Å². The molecule has 0 heterocycles. The van der Waals surface area contributed by atoms with Crippen molar-refractivity contribution in [2.75, 3.05) is 6.61 Å². The number of carbonyl (C=O) groups excluding carboxylic acids is 2. The molecule has 3 aromatic carbocycles. The lowest BCUT2D eigenvalue weighted by Crippen LogP contribution is -2.52. The van der Waals surface area contributed by atoms with Crippen molar-refractivity contribution in [1.29, 1.82) is 0 Å². The largest absolute Gasteiger partial charge is 0.484 e. The number of rotatable bonds is 10. The van der Waals surface area contributed by atoms with Gasteiger partial charge in [-0.05, 0) is 84.0 Å². The predicted octanol–water partition coefficient (Wildman–Crippen LogP) is 6.14. The van der Waals surface area contributed by atoms with Crippen LogP contribution in [0.2, 0.25) is 10.0 Å². The molecule has 0 aliphatic carbocycles. The molecule has 0 radical (unpaired) electrons. The van der Waals surface area contributed by atoms with Crippen LogP contribution in [-0.4, -0.2) is 35.4 Å². The fraction of sp³-hybridized carbons (Fsp3) is 0.259. The Labute approximate surface area is 229 Å². The van der Waals surface area contributed by atoms with E-state index in [2.05, 4.69) is 27.9 Å². The first-order valence-corrected chi connectivity index (χ1v) is 13.0. The molecule has 0 aromatic heterocycles. The molecule has 3 rings (SSSR count). The van der Waals surface area contributed by atoms with Gasteiger partial charge >= 0.3 is 0 Å². The van der Waals surface area contributed by atoms with Crippen LogP contribution in [0.15, 0.2) is 72.8 Å². The number of nitrogens with zero attached hydrogens (tertiary/aromatic N) is 1. The van der Waals surface area contributed by atoms with Crippen LogP contribution in [0.4, 0.5) is 0 Å². The number of benzene rings is 3. The molecule has 3 aromatic rings. The monoisotopic (exact) mass is 624 g/mol. The van der Waals surface area contributed by atoms with Crippen LogP contribution in [0, 0.1) is 3.57 Å². The summed E-state index contributed by atoms with van der Waals surface area (Å²) in [6.07, 6.45) is 0.357.